The predicted molar refractivity (Wildman–Crippen MR) is 80.8 cm³/mol. The average Bonchev–Trinajstić information content (AvgIpc) is 2.82. The van der Waals surface area contributed by atoms with Crippen molar-refractivity contribution >= 4 is 17.8 Å². The normalized spacial score (nSPS) is 13.4. The molecule has 0 atom stereocenters. The summed E-state index contributed by atoms with van der Waals surface area (Å²) in [5, 5.41) is 10.2. The molecule has 21 heavy (non-hydrogen) atoms. The second kappa shape index (κ2) is 11.9. The third kappa shape index (κ3) is 11.7. The number of likely N-dealkylation sites (tertiary alicyclic amines) is 1. The first-order valence-corrected chi connectivity index (χ1v) is 7.35. The van der Waals surface area contributed by atoms with E-state index in [9.17, 15) is 9.59 Å². The molecule has 0 aliphatic carbocycles. The minimum absolute atomic E-state index is 0.104. The molecule has 1 aliphatic rings. The molecule has 0 spiro atoms. The maximum atomic E-state index is 11.3. The fourth-order valence-corrected chi connectivity index (χ4v) is 2.01. The zero-order valence-electron chi connectivity index (χ0n) is 12.8. The van der Waals surface area contributed by atoms with Gasteiger partial charge in [0.05, 0.1) is 0 Å². The van der Waals surface area contributed by atoms with Crippen molar-refractivity contribution in [2.24, 2.45) is 0 Å². The fraction of sp³-hybridized carbons (Fsp3) is 0.667. The molecule has 1 aliphatic heterocycles. The topological polar surface area (TPSA) is 86.7 Å². The number of nitrogens with one attached hydrogen (secondary N) is 1. The summed E-state index contributed by atoms with van der Waals surface area (Å²) in [7, 11) is 0. The number of carbonyl (C=O) groups excluding carboxylic acids is 2. The van der Waals surface area contributed by atoms with Crippen molar-refractivity contribution in [3.63, 3.8) is 0 Å². The number of hydrogen-bond donors (Lipinski definition) is 2. The lowest BCUT2D eigenvalue weighted by molar-refractivity contribution is -0.134. The van der Waals surface area contributed by atoms with E-state index in [1.165, 1.54) is 6.08 Å². The molecule has 2 amide bonds. The van der Waals surface area contributed by atoms with Gasteiger partial charge in [-0.1, -0.05) is 19.4 Å². The molecule has 2 N–H and O–H groups in total. The van der Waals surface area contributed by atoms with Crippen LogP contribution in [0.4, 0.5) is 0 Å². The first-order chi connectivity index (χ1) is 9.97. The van der Waals surface area contributed by atoms with Crippen LogP contribution >= 0.6 is 0 Å². The van der Waals surface area contributed by atoms with Crippen molar-refractivity contribution in [2.75, 3.05) is 19.6 Å². The summed E-state index contributed by atoms with van der Waals surface area (Å²) in [6.45, 7) is 7.03. The van der Waals surface area contributed by atoms with Gasteiger partial charge in [-0.15, -0.1) is 0 Å². The van der Waals surface area contributed by atoms with E-state index in [-0.39, 0.29) is 5.91 Å². The molecule has 1 rings (SSSR count). The second-order valence-corrected chi connectivity index (χ2v) is 4.91. The van der Waals surface area contributed by atoms with E-state index < -0.39 is 5.97 Å². The molecule has 0 unspecified atom stereocenters. The van der Waals surface area contributed by atoms with Crippen LogP contribution in [0.2, 0.25) is 0 Å². The van der Waals surface area contributed by atoms with Crippen molar-refractivity contribution in [3.8, 4) is 0 Å². The van der Waals surface area contributed by atoms with E-state index in [0.29, 0.717) is 12.5 Å². The summed E-state index contributed by atoms with van der Waals surface area (Å²) in [5.74, 6) is -0.629. The lowest BCUT2D eigenvalue weighted by Crippen LogP contribution is -2.25. The van der Waals surface area contributed by atoms with Gasteiger partial charge in [0.15, 0.2) is 0 Å². The summed E-state index contributed by atoms with van der Waals surface area (Å²) < 4.78 is 0. The van der Waals surface area contributed by atoms with Crippen molar-refractivity contribution in [1.29, 1.82) is 0 Å². The second-order valence-electron chi connectivity index (χ2n) is 4.91. The van der Waals surface area contributed by atoms with Crippen molar-refractivity contribution < 1.29 is 19.5 Å². The molecule has 120 valence electrons. The Balaban J connectivity index is 0.000000885. The number of unbranched alkanes of at least 4 members (excludes halogenated alkanes) is 3. The van der Waals surface area contributed by atoms with E-state index in [2.05, 4.69) is 11.9 Å². The van der Waals surface area contributed by atoms with Gasteiger partial charge in [-0.25, -0.2) is 0 Å². The number of hydrogen-bond acceptors (Lipinski definition) is 3. The van der Waals surface area contributed by atoms with Crippen LogP contribution in [0.5, 0.6) is 0 Å². The average molecular weight is 298 g/mol. The highest BCUT2D eigenvalue weighted by molar-refractivity contribution is 5.86. The van der Waals surface area contributed by atoms with Crippen LogP contribution in [0.15, 0.2) is 12.7 Å². The van der Waals surface area contributed by atoms with Gasteiger partial charge in [0.2, 0.25) is 11.8 Å². The van der Waals surface area contributed by atoms with Crippen LogP contribution in [-0.4, -0.2) is 47.4 Å². The molecular weight excluding hydrogens is 272 g/mol. The Kier molecular flexibility index (Phi) is 10.9. The highest BCUT2D eigenvalue weighted by Crippen LogP contribution is 2.11. The van der Waals surface area contributed by atoms with Crippen molar-refractivity contribution in [2.45, 2.75) is 45.4 Å². The highest BCUT2D eigenvalue weighted by atomic mass is 16.4. The van der Waals surface area contributed by atoms with Gasteiger partial charge in [-0.3, -0.25) is 14.4 Å². The van der Waals surface area contributed by atoms with Gasteiger partial charge in [0, 0.05) is 33.0 Å². The van der Waals surface area contributed by atoms with Crippen LogP contribution in [-0.2, 0) is 14.4 Å². The van der Waals surface area contributed by atoms with Gasteiger partial charge in [-0.2, -0.15) is 0 Å². The molecule has 1 fully saturated rings. The Labute approximate surface area is 126 Å². The summed E-state index contributed by atoms with van der Waals surface area (Å²) >= 11 is 0. The van der Waals surface area contributed by atoms with E-state index in [0.717, 1.165) is 58.5 Å². The zero-order chi connectivity index (χ0) is 16.1. The third-order valence-electron chi connectivity index (χ3n) is 3.01. The third-order valence-corrected chi connectivity index (χ3v) is 3.01. The van der Waals surface area contributed by atoms with Crippen LogP contribution in [0.3, 0.4) is 0 Å². The number of carbonyl (C=O) groups is 3. The van der Waals surface area contributed by atoms with Crippen LogP contribution in [0.25, 0.3) is 0 Å². The minimum Gasteiger partial charge on any atom is -0.481 e. The van der Waals surface area contributed by atoms with Gasteiger partial charge >= 0.3 is 0 Å². The molecule has 0 aromatic rings. The number of aliphatic carboxylic acids is 1. The minimum atomic E-state index is -0.833. The van der Waals surface area contributed by atoms with E-state index in [4.69, 9.17) is 9.90 Å². The summed E-state index contributed by atoms with van der Waals surface area (Å²) in [6, 6.07) is 0. The molecule has 0 bridgehead atoms. The lowest BCUT2D eigenvalue weighted by Gasteiger charge is -2.14. The lowest BCUT2D eigenvalue weighted by atomic mass is 10.2. The highest BCUT2D eigenvalue weighted by Gasteiger charge is 2.18. The van der Waals surface area contributed by atoms with Crippen molar-refractivity contribution in [3.05, 3.63) is 12.7 Å². The number of rotatable bonds is 8. The number of amides is 2. The number of nitrogens with zero attached hydrogens (tertiary/aromatic N) is 1. The number of carboxylic acid groups (broad SMARTS) is 1. The van der Waals surface area contributed by atoms with Gasteiger partial charge in [-0.05, 0) is 25.3 Å². The molecule has 0 radical (unpaired) electrons. The maximum Gasteiger partial charge on any atom is 0.300 e. The molecule has 1 saturated heterocycles. The van der Waals surface area contributed by atoms with Crippen LogP contribution in [0, 0.1) is 0 Å². The van der Waals surface area contributed by atoms with Gasteiger partial charge in [0.25, 0.3) is 5.97 Å². The molecule has 0 saturated carbocycles. The molecule has 6 nitrogen and oxygen atoms in total. The van der Waals surface area contributed by atoms with E-state index in [1.54, 1.807) is 0 Å². The Morgan fingerprint density at radius 1 is 1.33 bits per heavy atom. The molecular formula is C15H26N2O4. The Morgan fingerprint density at radius 2 is 1.95 bits per heavy atom. The smallest absolute Gasteiger partial charge is 0.300 e. The van der Waals surface area contributed by atoms with Crippen LogP contribution in [0.1, 0.15) is 45.4 Å². The fourth-order valence-electron chi connectivity index (χ4n) is 2.01. The predicted octanol–water partition coefficient (Wildman–Crippen LogP) is 1.56. The molecule has 0 aromatic heterocycles. The van der Waals surface area contributed by atoms with E-state index >= 15 is 0 Å². The number of carboxylic acids is 1. The molecule has 1 heterocycles. The SMILES string of the molecule is C=CC(=O)NCCCCCCN1CCCC1=O.CC(=O)O. The Bertz CT molecular complexity index is 352. The van der Waals surface area contributed by atoms with Gasteiger partial charge < -0.3 is 15.3 Å². The summed E-state index contributed by atoms with van der Waals surface area (Å²) in [5.41, 5.74) is 0. The monoisotopic (exact) mass is 298 g/mol. The van der Waals surface area contributed by atoms with Gasteiger partial charge in [0.1, 0.15) is 0 Å². The first-order valence-electron chi connectivity index (χ1n) is 7.35. The standard InChI is InChI=1S/C13H22N2O2.C2H4O2/c1-2-12(16)14-9-5-3-4-6-10-15-11-7-8-13(15)17;1-2(3)4/h2H,1,3-11H2,(H,14,16);1H3,(H,3,4). The summed E-state index contributed by atoms with van der Waals surface area (Å²) in [4.78, 5) is 33.1. The van der Waals surface area contributed by atoms with E-state index in [1.807, 2.05) is 4.90 Å². The van der Waals surface area contributed by atoms with Crippen molar-refractivity contribution in [1.82, 2.24) is 10.2 Å². The first kappa shape index (κ1) is 19.1. The maximum absolute atomic E-state index is 11.3. The van der Waals surface area contributed by atoms with Crippen LogP contribution < -0.4 is 5.32 Å². The molecule has 6 heteroatoms. The summed E-state index contributed by atoms with van der Waals surface area (Å²) in [6.07, 6.45) is 7.32. The molecule has 0 aromatic carbocycles. The zero-order valence-corrected chi connectivity index (χ0v) is 12.8. The largest absolute Gasteiger partial charge is 0.481 e. The quantitative estimate of drug-likeness (QED) is 0.526. The Morgan fingerprint density at radius 3 is 2.48 bits per heavy atom. The Hall–Kier alpha value is -1.85.